The summed E-state index contributed by atoms with van der Waals surface area (Å²) in [6.07, 6.45) is 3.13. The van der Waals surface area contributed by atoms with Crippen molar-refractivity contribution in [2.45, 2.75) is 37.9 Å². The van der Waals surface area contributed by atoms with Crippen LogP contribution in [-0.4, -0.2) is 42.0 Å². The van der Waals surface area contributed by atoms with Crippen molar-refractivity contribution in [1.82, 2.24) is 10.6 Å². The van der Waals surface area contributed by atoms with E-state index in [9.17, 15) is 14.4 Å². The van der Waals surface area contributed by atoms with Crippen molar-refractivity contribution >= 4 is 32.7 Å². The predicted molar refractivity (Wildman–Crippen MR) is 139 cm³/mol. The largest absolute Gasteiger partial charge is 0.342 e. The molecule has 34 heavy (non-hydrogen) atoms. The molecule has 7 atom stereocenters. The van der Waals surface area contributed by atoms with E-state index in [0.717, 1.165) is 23.2 Å². The third-order valence-electron chi connectivity index (χ3n) is 7.62. The molecule has 0 aromatic heterocycles. The van der Waals surface area contributed by atoms with Gasteiger partial charge in [-0.2, -0.15) is 5.26 Å². The molecule has 3 aliphatic rings. The first-order valence-corrected chi connectivity index (χ1v) is 14.1. The highest BCUT2D eigenvalue weighted by Gasteiger charge is 2.67. The van der Waals surface area contributed by atoms with Gasteiger partial charge in [-0.15, -0.1) is 9.39 Å². The fourth-order valence-electron chi connectivity index (χ4n) is 6.15. The summed E-state index contributed by atoms with van der Waals surface area (Å²) in [5.41, 5.74) is 2.91. The van der Waals surface area contributed by atoms with Crippen molar-refractivity contribution in [3.05, 3.63) is 53.8 Å². The summed E-state index contributed by atoms with van der Waals surface area (Å²) >= 11 is 0. The van der Waals surface area contributed by atoms with Crippen molar-refractivity contribution in [1.29, 1.82) is 5.26 Å². The lowest BCUT2D eigenvalue weighted by atomic mass is 9.94. The zero-order valence-electron chi connectivity index (χ0n) is 19.6. The minimum absolute atomic E-state index is 0.129. The number of hydrogen-bond acceptors (Lipinski definition) is 4. The highest BCUT2D eigenvalue weighted by Crippen LogP contribution is 2.64. The summed E-state index contributed by atoms with van der Waals surface area (Å²) in [5.74, 6) is 9.95. The normalized spacial score (nSPS) is 29.7. The minimum atomic E-state index is -1.42. The molecule has 3 fully saturated rings. The zero-order valence-corrected chi connectivity index (χ0v) is 20.4. The Labute approximate surface area is 201 Å². The van der Waals surface area contributed by atoms with E-state index in [1.165, 1.54) is 6.07 Å². The molecule has 2 aliphatic carbocycles. The minimum Gasteiger partial charge on any atom is -0.342 e. The Kier molecular flexibility index (Phi) is 5.70. The van der Waals surface area contributed by atoms with Crippen LogP contribution in [-0.2, 0) is 11.2 Å². The van der Waals surface area contributed by atoms with Crippen LogP contribution in [0.2, 0.25) is 0 Å². The molecule has 5 nitrogen and oxygen atoms in total. The number of rotatable bonds is 7. The van der Waals surface area contributed by atoms with Gasteiger partial charge in [-0.25, -0.2) is 4.39 Å². The Morgan fingerprint density at radius 1 is 1.26 bits per heavy atom. The van der Waals surface area contributed by atoms with Gasteiger partial charge < -0.3 is 15.4 Å². The highest BCUT2D eigenvalue weighted by atomic mass is 32.2. The van der Waals surface area contributed by atoms with Crippen LogP contribution in [0, 0.1) is 40.8 Å². The van der Waals surface area contributed by atoms with Crippen LogP contribution in [0.15, 0.2) is 42.5 Å². The molecular weight excluding hydrogens is 447 g/mol. The topological polar surface area (TPSA) is 77.0 Å². The van der Waals surface area contributed by atoms with Crippen LogP contribution < -0.4 is 15.4 Å². The van der Waals surface area contributed by atoms with Gasteiger partial charge in [0.25, 0.3) is 0 Å². The molecule has 1 amide bonds. The van der Waals surface area contributed by atoms with Crippen molar-refractivity contribution in [2.24, 2.45) is 23.7 Å². The molecule has 2 bridgehead atoms. The Hall–Kier alpha value is -2.82. The van der Waals surface area contributed by atoms with Gasteiger partial charge in [-0.1, -0.05) is 42.9 Å². The molecule has 3 N–H and O–H groups in total. The SMILES string of the molecule is C=S(=C)(C)Nc1cccc(-c2ccc(CC(C#N)NC(=O)C3NC4CC3C3C(C)C43)c(F)c2)c1. The fraction of sp³-hybridized carbons (Fsp3) is 0.407. The number of amides is 1. The van der Waals surface area contributed by atoms with Gasteiger partial charge >= 0.3 is 0 Å². The number of carbonyl (C=O) groups excluding carboxylic acids is 1. The average Bonchev–Trinajstić information content (AvgIpc) is 3.13. The van der Waals surface area contributed by atoms with Gasteiger partial charge in [-0.3, -0.25) is 4.79 Å². The standard InChI is InChI=1S/C27H31FN4OS/c1-15-24-21-13-23(25(15)24)31-26(21)27(33)30-20(14-29)11-18-9-8-17(12-22(18)28)16-6-5-7-19(10-16)32-34(2,3)4/h5-10,12,15,20-21,23-26,31-32H,2-3,11,13H2,1,4H3,(H,30,33). The summed E-state index contributed by atoms with van der Waals surface area (Å²) < 4.78 is 18.3. The first-order chi connectivity index (χ1) is 16.1. The number of halogens is 1. The van der Waals surface area contributed by atoms with E-state index >= 15 is 0 Å². The number of anilines is 1. The maximum Gasteiger partial charge on any atom is 0.238 e. The molecule has 2 saturated carbocycles. The van der Waals surface area contributed by atoms with E-state index in [4.69, 9.17) is 0 Å². The van der Waals surface area contributed by atoms with Crippen LogP contribution in [0.4, 0.5) is 10.1 Å². The number of benzene rings is 2. The summed E-state index contributed by atoms with van der Waals surface area (Å²) in [7, 11) is -1.42. The second-order valence-corrected chi connectivity index (χ2v) is 13.1. The van der Waals surface area contributed by atoms with Gasteiger partial charge in [0.1, 0.15) is 11.9 Å². The molecular formula is C27H31FN4OS. The lowest BCUT2D eigenvalue weighted by molar-refractivity contribution is -0.124. The highest BCUT2D eigenvalue weighted by molar-refractivity contribution is 8.28. The fourth-order valence-corrected chi connectivity index (χ4v) is 6.85. The molecule has 1 heterocycles. The van der Waals surface area contributed by atoms with Gasteiger partial charge in [-0.05, 0) is 71.2 Å². The van der Waals surface area contributed by atoms with E-state index < -0.39 is 15.4 Å². The van der Waals surface area contributed by atoms with Crippen molar-refractivity contribution in [2.75, 3.05) is 11.0 Å². The van der Waals surface area contributed by atoms with Crippen molar-refractivity contribution in [3.8, 4) is 17.2 Å². The third kappa shape index (κ3) is 4.33. The molecule has 1 saturated heterocycles. The lowest BCUT2D eigenvalue weighted by Crippen LogP contribution is -2.51. The molecule has 7 unspecified atom stereocenters. The van der Waals surface area contributed by atoms with Crippen LogP contribution in [0.5, 0.6) is 0 Å². The number of hydrogen-bond donors (Lipinski definition) is 3. The van der Waals surface area contributed by atoms with Gasteiger partial charge in [0.15, 0.2) is 0 Å². The second-order valence-electron chi connectivity index (χ2n) is 10.3. The van der Waals surface area contributed by atoms with E-state index in [1.807, 2.05) is 36.6 Å². The number of fused-ring (bicyclic) bond motifs is 5. The van der Waals surface area contributed by atoms with E-state index in [2.05, 4.69) is 40.1 Å². The maximum absolute atomic E-state index is 15.0. The molecule has 2 aromatic rings. The first kappa shape index (κ1) is 22.9. The lowest BCUT2D eigenvalue weighted by Gasteiger charge is -2.23. The number of piperidine rings is 1. The summed E-state index contributed by atoms with van der Waals surface area (Å²) in [5, 5.41) is 15.9. The first-order valence-electron chi connectivity index (χ1n) is 11.7. The summed E-state index contributed by atoms with van der Waals surface area (Å²) in [6, 6.07) is 14.3. The van der Waals surface area contributed by atoms with Crippen LogP contribution in [0.1, 0.15) is 18.9 Å². The predicted octanol–water partition coefficient (Wildman–Crippen LogP) is 3.91. The summed E-state index contributed by atoms with van der Waals surface area (Å²) in [4.78, 5) is 12.9. The molecule has 178 valence electrons. The quantitative estimate of drug-likeness (QED) is 0.528. The van der Waals surface area contributed by atoms with E-state index in [-0.39, 0.29) is 24.2 Å². The molecule has 7 heteroatoms. The number of nitriles is 1. The van der Waals surface area contributed by atoms with Gasteiger partial charge in [0.05, 0.1) is 12.1 Å². The maximum atomic E-state index is 15.0. The van der Waals surface area contributed by atoms with Crippen molar-refractivity contribution in [3.63, 3.8) is 0 Å². The van der Waals surface area contributed by atoms with E-state index in [0.29, 0.717) is 35.3 Å². The number of nitrogens with one attached hydrogen (secondary N) is 3. The third-order valence-corrected chi connectivity index (χ3v) is 8.35. The van der Waals surface area contributed by atoms with Gasteiger partial charge in [0, 0.05) is 18.2 Å². The average molecular weight is 479 g/mol. The monoisotopic (exact) mass is 478 g/mol. The second kappa shape index (κ2) is 8.44. The molecule has 2 aromatic carbocycles. The zero-order chi connectivity index (χ0) is 24.2. The Morgan fingerprint density at radius 3 is 2.71 bits per heavy atom. The molecule has 0 radical (unpaired) electrons. The van der Waals surface area contributed by atoms with Gasteiger partial charge in [0.2, 0.25) is 5.91 Å². The Balaban J connectivity index is 1.25. The number of nitrogens with zero attached hydrogens (tertiary/aromatic N) is 1. The van der Waals surface area contributed by atoms with E-state index in [1.54, 1.807) is 6.07 Å². The number of carbonyl (C=O) groups is 1. The van der Waals surface area contributed by atoms with Crippen molar-refractivity contribution < 1.29 is 9.18 Å². The Morgan fingerprint density at radius 2 is 2.03 bits per heavy atom. The smallest absolute Gasteiger partial charge is 0.238 e. The van der Waals surface area contributed by atoms with Crippen LogP contribution in [0.3, 0.4) is 0 Å². The Bertz CT molecular complexity index is 1280. The van der Waals surface area contributed by atoms with Crippen LogP contribution >= 0.6 is 9.39 Å². The summed E-state index contributed by atoms with van der Waals surface area (Å²) in [6.45, 7) is 2.26. The molecule has 5 rings (SSSR count). The molecule has 1 aliphatic heterocycles. The van der Waals surface area contributed by atoms with Crippen LogP contribution in [0.25, 0.3) is 11.1 Å². The molecule has 0 spiro atoms.